The minimum atomic E-state index is -1.32. The Labute approximate surface area is 117 Å². The molecule has 2 aromatic heterocycles. The van der Waals surface area contributed by atoms with Gasteiger partial charge >= 0.3 is 0 Å². The number of nitrogens with zero attached hydrogens (tertiary/aromatic N) is 3. The van der Waals surface area contributed by atoms with Crippen molar-refractivity contribution in [3.05, 3.63) is 16.7 Å². The van der Waals surface area contributed by atoms with Gasteiger partial charge in [-0.1, -0.05) is 0 Å². The van der Waals surface area contributed by atoms with Crippen LogP contribution in [0.1, 0.15) is 13.2 Å². The van der Waals surface area contributed by atoms with Crippen molar-refractivity contribution in [2.75, 3.05) is 5.73 Å². The van der Waals surface area contributed by atoms with Crippen molar-refractivity contribution in [2.24, 2.45) is 0 Å². The van der Waals surface area contributed by atoms with Crippen LogP contribution in [0, 0.1) is 0 Å². The average molecular weight is 297 g/mol. The largest absolute Gasteiger partial charge is 0.391 e. The maximum Gasteiger partial charge on any atom is 0.278 e. The Hall–Kier alpha value is -2.01. The van der Waals surface area contributed by atoms with E-state index in [1.165, 1.54) is 17.8 Å². The van der Waals surface area contributed by atoms with E-state index < -0.39 is 36.2 Å². The first-order valence-corrected chi connectivity index (χ1v) is 6.32. The number of nitrogen functional groups attached to an aromatic ring is 1. The molecule has 1 aliphatic heterocycles. The van der Waals surface area contributed by atoms with E-state index in [1.807, 2.05) is 0 Å². The molecular formula is C11H15N5O5. The summed E-state index contributed by atoms with van der Waals surface area (Å²) in [5.41, 5.74) is 5.05. The van der Waals surface area contributed by atoms with Gasteiger partial charge in [0.2, 0.25) is 5.95 Å². The van der Waals surface area contributed by atoms with Crippen LogP contribution in [0.2, 0.25) is 0 Å². The van der Waals surface area contributed by atoms with Gasteiger partial charge in [0.1, 0.15) is 24.6 Å². The lowest BCUT2D eigenvalue weighted by Gasteiger charge is -2.17. The number of nitrogens with one attached hydrogen (secondary N) is 1. The van der Waals surface area contributed by atoms with Gasteiger partial charge in [-0.25, -0.2) is 4.98 Å². The normalized spacial score (nSPS) is 30.9. The second-order valence-electron chi connectivity index (χ2n) is 4.99. The molecule has 1 aliphatic rings. The maximum atomic E-state index is 12.0. The molecule has 21 heavy (non-hydrogen) atoms. The predicted octanol–water partition coefficient (Wildman–Crippen LogP) is -2.30. The zero-order chi connectivity index (χ0) is 15.3. The van der Waals surface area contributed by atoms with Gasteiger partial charge in [-0.2, -0.15) is 4.98 Å². The van der Waals surface area contributed by atoms with Crippen molar-refractivity contribution in [1.29, 1.82) is 0 Å². The molecule has 0 aliphatic carbocycles. The molecule has 10 nitrogen and oxygen atoms in total. The minimum absolute atomic E-state index is 0.0618. The smallest absolute Gasteiger partial charge is 0.278 e. The molecule has 0 unspecified atom stereocenters. The highest BCUT2D eigenvalue weighted by atomic mass is 16.6. The van der Waals surface area contributed by atoms with Gasteiger partial charge in [0.05, 0.1) is 6.10 Å². The molecule has 5 atom stereocenters. The fourth-order valence-electron chi connectivity index (χ4n) is 2.48. The molecule has 0 aromatic carbocycles. The number of hydrogen-bond acceptors (Lipinski definition) is 8. The molecule has 0 spiro atoms. The monoisotopic (exact) mass is 297 g/mol. The summed E-state index contributed by atoms with van der Waals surface area (Å²) in [5, 5.41) is 29.5. The van der Waals surface area contributed by atoms with Crippen LogP contribution in [0.25, 0.3) is 11.2 Å². The Kier molecular flexibility index (Phi) is 3.17. The Morgan fingerprint density at radius 1 is 1.48 bits per heavy atom. The van der Waals surface area contributed by atoms with Crippen LogP contribution in [-0.4, -0.2) is 59.3 Å². The predicted molar refractivity (Wildman–Crippen MR) is 70.2 cm³/mol. The number of hydrogen-bond donors (Lipinski definition) is 5. The van der Waals surface area contributed by atoms with Crippen molar-refractivity contribution in [1.82, 2.24) is 19.5 Å². The first-order valence-electron chi connectivity index (χ1n) is 6.32. The van der Waals surface area contributed by atoms with E-state index in [1.54, 1.807) is 0 Å². The molecule has 2 aromatic rings. The molecule has 6 N–H and O–H groups in total. The molecule has 1 saturated heterocycles. The second kappa shape index (κ2) is 4.77. The Balaban J connectivity index is 2.08. The Morgan fingerprint density at radius 3 is 2.81 bits per heavy atom. The van der Waals surface area contributed by atoms with Crippen LogP contribution in [0.5, 0.6) is 0 Å². The molecule has 1 fully saturated rings. The lowest BCUT2D eigenvalue weighted by atomic mass is 10.1. The van der Waals surface area contributed by atoms with Crippen LogP contribution in [0.4, 0.5) is 5.95 Å². The highest BCUT2D eigenvalue weighted by Gasteiger charge is 2.46. The van der Waals surface area contributed by atoms with Crippen molar-refractivity contribution < 1.29 is 20.1 Å². The molecule has 0 radical (unpaired) electrons. The maximum absolute atomic E-state index is 12.0. The summed E-state index contributed by atoms with van der Waals surface area (Å²) in [6, 6.07) is 0. The summed E-state index contributed by atoms with van der Waals surface area (Å²) in [4.78, 5) is 22.1. The second-order valence-corrected chi connectivity index (χ2v) is 4.99. The van der Waals surface area contributed by atoms with Gasteiger partial charge in [-0.05, 0) is 6.92 Å². The quantitative estimate of drug-likeness (QED) is 0.414. The number of H-pyrrole nitrogens is 1. The first-order chi connectivity index (χ1) is 9.90. The van der Waals surface area contributed by atoms with Gasteiger partial charge in [-0.15, -0.1) is 0 Å². The summed E-state index contributed by atoms with van der Waals surface area (Å²) in [6.45, 7) is 1.43. The number of fused-ring (bicyclic) bond motifs is 1. The number of aromatic nitrogens is 4. The van der Waals surface area contributed by atoms with E-state index in [4.69, 9.17) is 10.5 Å². The summed E-state index contributed by atoms with van der Waals surface area (Å²) < 4.78 is 6.71. The lowest BCUT2D eigenvalue weighted by Crippen LogP contribution is -2.37. The third-order valence-electron chi connectivity index (χ3n) is 3.48. The van der Waals surface area contributed by atoms with Crippen molar-refractivity contribution >= 4 is 17.1 Å². The molecule has 0 saturated carbocycles. The van der Waals surface area contributed by atoms with Gasteiger partial charge in [0, 0.05) is 0 Å². The fraction of sp³-hybridized carbons (Fsp3) is 0.545. The van der Waals surface area contributed by atoms with E-state index >= 15 is 0 Å². The lowest BCUT2D eigenvalue weighted by molar-refractivity contribution is -0.0776. The molecule has 0 amide bonds. The molecular weight excluding hydrogens is 282 g/mol. The molecule has 0 bridgehead atoms. The van der Waals surface area contributed by atoms with Crippen LogP contribution in [0.15, 0.2) is 11.1 Å². The summed E-state index contributed by atoms with van der Waals surface area (Å²) >= 11 is 0. The summed E-state index contributed by atoms with van der Waals surface area (Å²) in [5.74, 6) is -0.0764. The highest BCUT2D eigenvalue weighted by molar-refractivity contribution is 5.70. The van der Waals surface area contributed by atoms with E-state index in [0.29, 0.717) is 0 Å². The first kappa shape index (κ1) is 13.9. The highest BCUT2D eigenvalue weighted by Crippen LogP contribution is 2.32. The van der Waals surface area contributed by atoms with Crippen LogP contribution in [0.3, 0.4) is 0 Å². The van der Waals surface area contributed by atoms with Crippen molar-refractivity contribution in [2.45, 2.75) is 37.6 Å². The van der Waals surface area contributed by atoms with Gasteiger partial charge < -0.3 is 25.8 Å². The van der Waals surface area contributed by atoms with Crippen molar-refractivity contribution in [3.63, 3.8) is 0 Å². The SMILES string of the molecule is C[C@@H](O)[C@H]1O[C@@H](n2cnc3nc(N)[nH]c(=O)c32)[C@H](O)[C@@H]1O. The van der Waals surface area contributed by atoms with Crippen LogP contribution >= 0.6 is 0 Å². The number of imidazole rings is 1. The van der Waals surface area contributed by atoms with Crippen molar-refractivity contribution in [3.8, 4) is 0 Å². The number of aliphatic hydroxyl groups excluding tert-OH is 3. The zero-order valence-electron chi connectivity index (χ0n) is 11.0. The number of aliphatic hydroxyl groups is 3. The number of anilines is 1. The minimum Gasteiger partial charge on any atom is -0.391 e. The molecule has 10 heteroatoms. The van der Waals surface area contributed by atoms with E-state index in [0.717, 1.165) is 0 Å². The number of nitrogens with two attached hydrogens (primary N) is 1. The van der Waals surface area contributed by atoms with Crippen LogP contribution < -0.4 is 11.3 Å². The zero-order valence-corrected chi connectivity index (χ0v) is 11.0. The molecule has 3 rings (SSSR count). The van der Waals surface area contributed by atoms with E-state index in [2.05, 4.69) is 15.0 Å². The fourth-order valence-corrected chi connectivity index (χ4v) is 2.48. The Bertz CT molecular complexity index is 725. The van der Waals surface area contributed by atoms with E-state index in [9.17, 15) is 20.1 Å². The summed E-state index contributed by atoms with van der Waals surface area (Å²) in [7, 11) is 0. The number of rotatable bonds is 2. The molecule has 3 heterocycles. The van der Waals surface area contributed by atoms with E-state index in [-0.39, 0.29) is 17.1 Å². The third-order valence-corrected chi connectivity index (χ3v) is 3.48. The average Bonchev–Trinajstić information content (AvgIpc) is 2.93. The summed E-state index contributed by atoms with van der Waals surface area (Å²) in [6.07, 6.45) is -4.36. The van der Waals surface area contributed by atoms with Gasteiger partial charge in [-0.3, -0.25) is 14.3 Å². The van der Waals surface area contributed by atoms with Crippen LogP contribution in [-0.2, 0) is 4.74 Å². The number of aromatic amines is 1. The topological polar surface area (TPSA) is 160 Å². The number of ether oxygens (including phenoxy) is 1. The van der Waals surface area contributed by atoms with Gasteiger partial charge in [0.25, 0.3) is 5.56 Å². The Morgan fingerprint density at radius 2 is 2.19 bits per heavy atom. The third kappa shape index (κ3) is 2.08. The molecule has 114 valence electrons. The van der Waals surface area contributed by atoms with Gasteiger partial charge in [0.15, 0.2) is 17.4 Å². The standard InChI is InChI=1S/C11H15N5O5/c1-3(17)7-5(18)6(19)10(21-7)16-2-13-8-4(16)9(20)15-11(12)14-8/h2-3,5-7,10,17-19H,1H3,(H3,12,14,15,20)/t3-,5+,6-,7-,10-/m1/s1.